The van der Waals surface area contributed by atoms with E-state index in [4.69, 9.17) is 0 Å². The van der Waals surface area contributed by atoms with Crippen LogP contribution in [-0.4, -0.2) is 7.05 Å². The van der Waals surface area contributed by atoms with Gasteiger partial charge in [0.1, 0.15) is 0 Å². The average Bonchev–Trinajstić information content (AvgIpc) is 1.89. The molecule has 0 heterocycles. The lowest BCUT2D eigenvalue weighted by Crippen LogP contribution is -1.89. The molecule has 0 fully saturated rings. The van der Waals surface area contributed by atoms with Crippen LogP contribution in [0.15, 0.2) is 18.2 Å². The smallest absolute Gasteiger partial charge is 0.0367 e. The molecular formula is C8H10N. The van der Waals surface area contributed by atoms with Crippen molar-refractivity contribution in [3.8, 4) is 0 Å². The Morgan fingerprint density at radius 3 is 2.78 bits per heavy atom. The quantitative estimate of drug-likeness (QED) is 0.596. The Bertz CT molecular complexity index is 194. The summed E-state index contributed by atoms with van der Waals surface area (Å²) >= 11 is 0. The van der Waals surface area contributed by atoms with Gasteiger partial charge < -0.3 is 5.32 Å². The zero-order chi connectivity index (χ0) is 6.69. The van der Waals surface area contributed by atoms with E-state index in [1.54, 1.807) is 0 Å². The highest BCUT2D eigenvalue weighted by Gasteiger charge is 1.88. The molecule has 0 aliphatic carbocycles. The third-order valence-corrected chi connectivity index (χ3v) is 1.34. The van der Waals surface area contributed by atoms with Crippen molar-refractivity contribution in [1.29, 1.82) is 0 Å². The fourth-order valence-electron chi connectivity index (χ4n) is 0.794. The highest BCUT2D eigenvalue weighted by Crippen LogP contribution is 2.10. The van der Waals surface area contributed by atoms with Crippen molar-refractivity contribution in [3.05, 3.63) is 29.8 Å². The lowest BCUT2D eigenvalue weighted by molar-refractivity contribution is 1.40. The maximum absolute atomic E-state index is 3.08. The number of anilines is 1. The molecule has 1 N–H and O–H groups in total. The number of nitrogens with one attached hydrogen (secondary N) is 1. The summed E-state index contributed by atoms with van der Waals surface area (Å²) in [4.78, 5) is 0. The first-order chi connectivity index (χ1) is 4.34. The standard InChI is InChI=1S/C8H10N/c1-7-5-3-4-6-8(7)9-2/h4-6,9H,1-2H3. The van der Waals surface area contributed by atoms with Gasteiger partial charge in [0, 0.05) is 12.7 Å². The number of aryl methyl sites for hydroxylation is 1. The van der Waals surface area contributed by atoms with Crippen LogP contribution in [-0.2, 0) is 0 Å². The summed E-state index contributed by atoms with van der Waals surface area (Å²) < 4.78 is 0. The largest absolute Gasteiger partial charge is 0.388 e. The zero-order valence-corrected chi connectivity index (χ0v) is 5.73. The molecule has 1 heteroatoms. The van der Waals surface area contributed by atoms with Gasteiger partial charge in [0.05, 0.1) is 0 Å². The molecule has 9 heavy (non-hydrogen) atoms. The minimum atomic E-state index is 1.17. The van der Waals surface area contributed by atoms with E-state index in [-0.39, 0.29) is 0 Å². The van der Waals surface area contributed by atoms with Crippen molar-refractivity contribution in [3.63, 3.8) is 0 Å². The molecule has 1 nitrogen and oxygen atoms in total. The van der Waals surface area contributed by atoms with E-state index >= 15 is 0 Å². The van der Waals surface area contributed by atoms with Crippen molar-refractivity contribution in [1.82, 2.24) is 0 Å². The van der Waals surface area contributed by atoms with Gasteiger partial charge in [-0.25, -0.2) is 0 Å². The first-order valence-electron chi connectivity index (χ1n) is 2.99. The molecule has 1 aromatic rings. The lowest BCUT2D eigenvalue weighted by atomic mass is 10.2. The molecule has 0 saturated heterocycles. The predicted molar refractivity (Wildman–Crippen MR) is 39.6 cm³/mol. The predicted octanol–water partition coefficient (Wildman–Crippen LogP) is 1.84. The fraction of sp³-hybridized carbons (Fsp3) is 0.250. The van der Waals surface area contributed by atoms with Crippen LogP contribution in [0.1, 0.15) is 5.56 Å². The highest BCUT2D eigenvalue weighted by atomic mass is 14.8. The van der Waals surface area contributed by atoms with Gasteiger partial charge >= 0.3 is 0 Å². The minimum Gasteiger partial charge on any atom is -0.388 e. The summed E-state index contributed by atoms with van der Waals surface area (Å²) in [6.07, 6.45) is 0. The van der Waals surface area contributed by atoms with Crippen molar-refractivity contribution in [2.75, 3.05) is 12.4 Å². The van der Waals surface area contributed by atoms with Crippen molar-refractivity contribution >= 4 is 5.69 Å². The summed E-state index contributed by atoms with van der Waals surface area (Å²) in [5.74, 6) is 0. The Labute approximate surface area is 55.7 Å². The second-order valence-electron chi connectivity index (χ2n) is 1.99. The van der Waals surface area contributed by atoms with Gasteiger partial charge in [-0.2, -0.15) is 0 Å². The second-order valence-corrected chi connectivity index (χ2v) is 1.99. The van der Waals surface area contributed by atoms with Gasteiger partial charge in [0.25, 0.3) is 0 Å². The minimum absolute atomic E-state index is 1.17. The van der Waals surface area contributed by atoms with Crippen LogP contribution in [0.3, 0.4) is 0 Å². The zero-order valence-electron chi connectivity index (χ0n) is 5.73. The topological polar surface area (TPSA) is 12.0 Å². The summed E-state index contributed by atoms with van der Waals surface area (Å²) in [7, 11) is 1.92. The van der Waals surface area contributed by atoms with Crippen LogP contribution < -0.4 is 5.32 Å². The Hall–Kier alpha value is -0.980. The van der Waals surface area contributed by atoms with Crippen LogP contribution in [0, 0.1) is 13.0 Å². The van der Waals surface area contributed by atoms with Crippen LogP contribution in [0.2, 0.25) is 0 Å². The van der Waals surface area contributed by atoms with E-state index in [1.807, 2.05) is 25.2 Å². The van der Waals surface area contributed by atoms with E-state index in [1.165, 1.54) is 11.3 Å². The molecule has 0 atom stereocenters. The van der Waals surface area contributed by atoms with Gasteiger partial charge in [0.2, 0.25) is 0 Å². The van der Waals surface area contributed by atoms with Crippen LogP contribution in [0.25, 0.3) is 0 Å². The van der Waals surface area contributed by atoms with E-state index in [0.717, 1.165) is 0 Å². The average molecular weight is 120 g/mol. The number of hydrogen-bond donors (Lipinski definition) is 1. The molecule has 0 aromatic heterocycles. The van der Waals surface area contributed by atoms with Gasteiger partial charge in [-0.1, -0.05) is 6.07 Å². The van der Waals surface area contributed by atoms with Gasteiger partial charge in [0.15, 0.2) is 0 Å². The second kappa shape index (κ2) is 2.53. The molecule has 0 aliphatic rings. The molecule has 1 rings (SSSR count). The molecule has 0 spiro atoms. The van der Waals surface area contributed by atoms with Crippen LogP contribution in [0.5, 0.6) is 0 Å². The van der Waals surface area contributed by atoms with E-state index < -0.39 is 0 Å². The normalized spacial score (nSPS) is 9.11. The highest BCUT2D eigenvalue weighted by molar-refractivity contribution is 5.49. The molecule has 0 aliphatic heterocycles. The summed E-state index contributed by atoms with van der Waals surface area (Å²) in [5.41, 5.74) is 2.41. The first kappa shape index (κ1) is 6.14. The van der Waals surface area contributed by atoms with E-state index in [9.17, 15) is 0 Å². The van der Waals surface area contributed by atoms with Crippen molar-refractivity contribution in [2.24, 2.45) is 0 Å². The number of rotatable bonds is 1. The third-order valence-electron chi connectivity index (χ3n) is 1.34. The molecule has 0 amide bonds. The van der Waals surface area contributed by atoms with Crippen molar-refractivity contribution in [2.45, 2.75) is 6.92 Å². The molecule has 1 aromatic carbocycles. The molecule has 47 valence electrons. The van der Waals surface area contributed by atoms with Crippen LogP contribution >= 0.6 is 0 Å². The fourth-order valence-corrected chi connectivity index (χ4v) is 0.794. The summed E-state index contributed by atoms with van der Waals surface area (Å²) in [5, 5.41) is 3.08. The Kier molecular flexibility index (Phi) is 1.73. The Balaban J connectivity index is 3.01. The Morgan fingerprint density at radius 2 is 2.33 bits per heavy atom. The van der Waals surface area contributed by atoms with Crippen molar-refractivity contribution < 1.29 is 0 Å². The molecule has 1 radical (unpaired) electrons. The number of hydrogen-bond acceptors (Lipinski definition) is 1. The monoisotopic (exact) mass is 120 g/mol. The van der Waals surface area contributed by atoms with Crippen LogP contribution in [0.4, 0.5) is 5.69 Å². The molecular weight excluding hydrogens is 110 g/mol. The van der Waals surface area contributed by atoms with E-state index in [0.29, 0.717) is 0 Å². The summed E-state index contributed by atoms with van der Waals surface area (Å²) in [6, 6.07) is 8.87. The summed E-state index contributed by atoms with van der Waals surface area (Å²) in [6.45, 7) is 2.06. The van der Waals surface area contributed by atoms with Gasteiger partial charge in [-0.3, -0.25) is 0 Å². The van der Waals surface area contributed by atoms with Gasteiger partial charge in [-0.15, -0.1) is 0 Å². The maximum atomic E-state index is 3.08. The SMILES string of the molecule is CNc1cc[c]cc1C. The maximum Gasteiger partial charge on any atom is 0.0367 e. The first-order valence-corrected chi connectivity index (χ1v) is 2.99. The van der Waals surface area contributed by atoms with Gasteiger partial charge in [-0.05, 0) is 30.7 Å². The molecule has 0 saturated carbocycles. The third kappa shape index (κ3) is 1.22. The molecule has 0 bridgehead atoms. The molecule has 0 unspecified atom stereocenters. The lowest BCUT2D eigenvalue weighted by Gasteiger charge is -2.01. The number of benzene rings is 1. The Morgan fingerprint density at radius 1 is 1.56 bits per heavy atom. The van der Waals surface area contributed by atoms with E-state index in [2.05, 4.69) is 18.3 Å².